The van der Waals surface area contributed by atoms with Gasteiger partial charge < -0.3 is 10.4 Å². The number of aliphatic hydroxyl groups excluding tert-OH is 1. The Morgan fingerprint density at radius 3 is 2.57 bits per heavy atom. The fraction of sp³-hybridized carbons (Fsp3) is 0.450. The molecule has 0 saturated carbocycles. The van der Waals surface area contributed by atoms with Crippen molar-refractivity contribution >= 4 is 16.7 Å². The maximum atomic E-state index is 12.4. The molecule has 0 aliphatic carbocycles. The lowest BCUT2D eigenvalue weighted by Crippen LogP contribution is -2.32. The SMILES string of the molecule is CCCC(CCO)CNC(=O)C(C)c1ccc2ccccc2c1. The molecule has 2 N–H and O–H groups in total. The second kappa shape index (κ2) is 8.68. The van der Waals surface area contributed by atoms with Gasteiger partial charge in [0.05, 0.1) is 5.92 Å². The molecule has 3 heteroatoms. The van der Waals surface area contributed by atoms with E-state index in [1.807, 2.05) is 25.1 Å². The molecule has 0 saturated heterocycles. The molecule has 0 radical (unpaired) electrons. The van der Waals surface area contributed by atoms with Gasteiger partial charge in [-0.1, -0.05) is 55.8 Å². The first kappa shape index (κ1) is 17.5. The first-order valence-corrected chi connectivity index (χ1v) is 8.53. The fourth-order valence-electron chi connectivity index (χ4n) is 2.97. The van der Waals surface area contributed by atoms with Crippen LogP contribution in [0.3, 0.4) is 0 Å². The molecule has 23 heavy (non-hydrogen) atoms. The van der Waals surface area contributed by atoms with Crippen LogP contribution in [-0.2, 0) is 4.79 Å². The van der Waals surface area contributed by atoms with Crippen LogP contribution >= 0.6 is 0 Å². The van der Waals surface area contributed by atoms with Gasteiger partial charge in [0.2, 0.25) is 5.91 Å². The van der Waals surface area contributed by atoms with Gasteiger partial charge in [-0.15, -0.1) is 0 Å². The first-order chi connectivity index (χ1) is 11.2. The number of rotatable bonds is 8. The molecule has 1 amide bonds. The third-order valence-corrected chi connectivity index (χ3v) is 4.47. The third kappa shape index (κ3) is 4.80. The van der Waals surface area contributed by atoms with Crippen molar-refractivity contribution in [2.45, 2.75) is 39.0 Å². The normalized spacial score (nSPS) is 13.7. The van der Waals surface area contributed by atoms with Gasteiger partial charge in [0.25, 0.3) is 0 Å². The summed E-state index contributed by atoms with van der Waals surface area (Å²) in [6, 6.07) is 14.4. The van der Waals surface area contributed by atoms with Crippen LogP contribution in [0.25, 0.3) is 10.8 Å². The van der Waals surface area contributed by atoms with Crippen molar-refractivity contribution in [3.63, 3.8) is 0 Å². The van der Waals surface area contributed by atoms with Gasteiger partial charge in [0.15, 0.2) is 0 Å². The van der Waals surface area contributed by atoms with Crippen molar-refractivity contribution in [2.75, 3.05) is 13.2 Å². The van der Waals surface area contributed by atoms with Gasteiger partial charge in [-0.2, -0.15) is 0 Å². The smallest absolute Gasteiger partial charge is 0.227 e. The van der Waals surface area contributed by atoms with Gasteiger partial charge in [0, 0.05) is 13.2 Å². The molecule has 2 aromatic rings. The number of carbonyl (C=O) groups is 1. The first-order valence-electron chi connectivity index (χ1n) is 8.53. The molecule has 3 nitrogen and oxygen atoms in total. The molecule has 0 aliphatic rings. The maximum absolute atomic E-state index is 12.4. The van der Waals surface area contributed by atoms with Crippen molar-refractivity contribution in [3.05, 3.63) is 48.0 Å². The average Bonchev–Trinajstić information content (AvgIpc) is 2.58. The van der Waals surface area contributed by atoms with Crippen LogP contribution in [0.2, 0.25) is 0 Å². The molecule has 2 atom stereocenters. The Bertz CT molecular complexity index is 632. The molecule has 0 bridgehead atoms. The molecule has 0 aliphatic heterocycles. The molecule has 0 fully saturated rings. The predicted molar refractivity (Wildman–Crippen MR) is 95.5 cm³/mol. The minimum absolute atomic E-state index is 0.0549. The highest BCUT2D eigenvalue weighted by Gasteiger charge is 2.17. The van der Waals surface area contributed by atoms with Crippen LogP contribution in [0.5, 0.6) is 0 Å². The second-order valence-corrected chi connectivity index (χ2v) is 6.24. The van der Waals surface area contributed by atoms with Gasteiger partial charge in [0.1, 0.15) is 0 Å². The minimum Gasteiger partial charge on any atom is -0.396 e. The number of carbonyl (C=O) groups excluding carboxylic acids is 1. The number of hydrogen-bond acceptors (Lipinski definition) is 2. The lowest BCUT2D eigenvalue weighted by molar-refractivity contribution is -0.122. The molecule has 0 spiro atoms. The molecule has 2 unspecified atom stereocenters. The van der Waals surface area contributed by atoms with Crippen molar-refractivity contribution in [2.24, 2.45) is 5.92 Å². The Kier molecular flexibility index (Phi) is 6.60. The van der Waals surface area contributed by atoms with Crippen LogP contribution < -0.4 is 5.32 Å². The van der Waals surface area contributed by atoms with E-state index in [1.165, 1.54) is 5.39 Å². The molecular weight excluding hydrogens is 286 g/mol. The van der Waals surface area contributed by atoms with Crippen molar-refractivity contribution < 1.29 is 9.90 Å². The highest BCUT2D eigenvalue weighted by molar-refractivity contribution is 5.87. The summed E-state index contributed by atoms with van der Waals surface area (Å²) < 4.78 is 0. The van der Waals surface area contributed by atoms with Gasteiger partial charge in [-0.05, 0) is 42.0 Å². The zero-order valence-corrected chi connectivity index (χ0v) is 14.1. The van der Waals surface area contributed by atoms with Crippen LogP contribution in [0.1, 0.15) is 44.6 Å². The van der Waals surface area contributed by atoms with Crippen molar-refractivity contribution in [3.8, 4) is 0 Å². The summed E-state index contributed by atoms with van der Waals surface area (Å²) in [6.45, 7) is 4.90. The van der Waals surface area contributed by atoms with Crippen molar-refractivity contribution in [1.29, 1.82) is 0 Å². The Labute approximate surface area is 138 Å². The average molecular weight is 313 g/mol. The number of benzene rings is 2. The zero-order valence-electron chi connectivity index (χ0n) is 14.1. The summed E-state index contributed by atoms with van der Waals surface area (Å²) in [6.07, 6.45) is 2.85. The molecular formula is C20H27NO2. The highest BCUT2D eigenvalue weighted by atomic mass is 16.3. The van der Waals surface area contributed by atoms with E-state index >= 15 is 0 Å². The lowest BCUT2D eigenvalue weighted by Gasteiger charge is -2.18. The summed E-state index contributed by atoms with van der Waals surface area (Å²) in [5, 5.41) is 14.5. The van der Waals surface area contributed by atoms with Gasteiger partial charge in [-0.3, -0.25) is 4.79 Å². The largest absolute Gasteiger partial charge is 0.396 e. The number of aliphatic hydroxyl groups is 1. The van der Waals surface area contributed by atoms with E-state index in [2.05, 4.69) is 36.5 Å². The Balaban J connectivity index is 2.00. The zero-order chi connectivity index (χ0) is 16.7. The summed E-state index contributed by atoms with van der Waals surface area (Å²) in [5.74, 6) is 0.244. The van der Waals surface area contributed by atoms with Crippen LogP contribution in [-0.4, -0.2) is 24.2 Å². The van der Waals surface area contributed by atoms with Gasteiger partial charge in [-0.25, -0.2) is 0 Å². The molecule has 2 aromatic carbocycles. The van der Waals surface area contributed by atoms with E-state index in [4.69, 9.17) is 5.11 Å². The van der Waals surface area contributed by atoms with E-state index in [1.54, 1.807) is 0 Å². The number of nitrogens with one attached hydrogen (secondary N) is 1. The monoisotopic (exact) mass is 313 g/mol. The Morgan fingerprint density at radius 1 is 1.13 bits per heavy atom. The van der Waals surface area contributed by atoms with Crippen LogP contribution in [0, 0.1) is 5.92 Å². The maximum Gasteiger partial charge on any atom is 0.227 e. The topological polar surface area (TPSA) is 49.3 Å². The van der Waals surface area contributed by atoms with Crippen molar-refractivity contribution in [1.82, 2.24) is 5.32 Å². The third-order valence-electron chi connectivity index (χ3n) is 4.47. The minimum atomic E-state index is -0.170. The number of hydrogen-bond donors (Lipinski definition) is 2. The second-order valence-electron chi connectivity index (χ2n) is 6.24. The summed E-state index contributed by atoms with van der Waals surface area (Å²) >= 11 is 0. The van der Waals surface area contributed by atoms with E-state index in [0.29, 0.717) is 12.5 Å². The Morgan fingerprint density at radius 2 is 1.87 bits per heavy atom. The van der Waals surface area contributed by atoms with Crippen LogP contribution in [0.15, 0.2) is 42.5 Å². The highest BCUT2D eigenvalue weighted by Crippen LogP contribution is 2.22. The standard InChI is InChI=1S/C20H27NO2/c1-3-6-16(11-12-22)14-21-20(23)15(2)18-10-9-17-7-4-5-8-19(17)13-18/h4-5,7-10,13,15-16,22H,3,6,11-12,14H2,1-2H3,(H,21,23). The summed E-state index contributed by atoms with van der Waals surface area (Å²) in [5.41, 5.74) is 1.04. The summed E-state index contributed by atoms with van der Waals surface area (Å²) in [4.78, 5) is 12.4. The van der Waals surface area contributed by atoms with E-state index < -0.39 is 0 Å². The number of amides is 1. The fourth-order valence-corrected chi connectivity index (χ4v) is 2.97. The van der Waals surface area contributed by atoms with E-state index in [-0.39, 0.29) is 18.4 Å². The summed E-state index contributed by atoms with van der Waals surface area (Å²) in [7, 11) is 0. The molecule has 124 valence electrons. The lowest BCUT2D eigenvalue weighted by atomic mass is 9.96. The molecule has 2 rings (SSSR count). The molecule has 0 aromatic heterocycles. The van der Waals surface area contributed by atoms with Crippen LogP contribution in [0.4, 0.5) is 0 Å². The number of fused-ring (bicyclic) bond motifs is 1. The van der Waals surface area contributed by atoms with Gasteiger partial charge >= 0.3 is 0 Å². The predicted octanol–water partition coefficient (Wildman–Crippen LogP) is 3.86. The molecule has 0 heterocycles. The van der Waals surface area contributed by atoms with E-state index in [0.717, 1.165) is 30.2 Å². The Hall–Kier alpha value is -1.87. The van der Waals surface area contributed by atoms with E-state index in [9.17, 15) is 4.79 Å². The quantitative estimate of drug-likeness (QED) is 0.777.